The molecule has 1 N–H and O–H groups in total. The van der Waals surface area contributed by atoms with Gasteiger partial charge in [-0.1, -0.05) is 12.1 Å². The lowest BCUT2D eigenvalue weighted by atomic mass is 10.1. The third kappa shape index (κ3) is 1.71. The zero-order chi connectivity index (χ0) is 11.5. The van der Waals surface area contributed by atoms with E-state index in [-0.39, 0.29) is 11.3 Å². The molecule has 84 valence electrons. The van der Waals surface area contributed by atoms with Gasteiger partial charge in [0.25, 0.3) is 0 Å². The summed E-state index contributed by atoms with van der Waals surface area (Å²) in [7, 11) is 0. The maximum Gasteiger partial charge on any atom is 0.341 e. The molecule has 0 saturated heterocycles. The van der Waals surface area contributed by atoms with Crippen molar-refractivity contribution < 1.29 is 18.8 Å². The molecule has 2 rings (SSSR count). The van der Waals surface area contributed by atoms with Gasteiger partial charge in [-0.05, 0) is 18.6 Å². The Morgan fingerprint density at radius 2 is 2.38 bits per heavy atom. The first-order valence-electron chi connectivity index (χ1n) is 4.99. The third-order valence-electron chi connectivity index (χ3n) is 2.21. The number of nitrogens with zero attached hydrogens (tertiary/aromatic N) is 1. The molecular formula is C11H11NO4. The second-order valence-electron chi connectivity index (χ2n) is 3.36. The van der Waals surface area contributed by atoms with Crippen molar-refractivity contribution in [2.75, 3.05) is 0 Å². The summed E-state index contributed by atoms with van der Waals surface area (Å²) in [4.78, 5) is 11.1. The van der Waals surface area contributed by atoms with E-state index in [1.54, 1.807) is 12.1 Å². The van der Waals surface area contributed by atoms with Gasteiger partial charge >= 0.3 is 5.97 Å². The molecule has 5 nitrogen and oxygen atoms in total. The number of carbonyl (C=O) groups is 1. The van der Waals surface area contributed by atoms with Crippen molar-refractivity contribution in [1.82, 2.24) is 5.16 Å². The van der Waals surface area contributed by atoms with E-state index in [4.69, 9.17) is 14.0 Å². The fourth-order valence-electron chi connectivity index (χ4n) is 1.52. The molecule has 16 heavy (non-hydrogen) atoms. The normalized spacial score (nSPS) is 10.6. The quantitative estimate of drug-likeness (QED) is 0.858. The molecule has 0 aliphatic carbocycles. The van der Waals surface area contributed by atoms with Crippen LogP contribution in [0.25, 0.3) is 11.5 Å². The fourth-order valence-corrected chi connectivity index (χ4v) is 1.52. The van der Waals surface area contributed by atoms with Gasteiger partial charge in [0.05, 0.1) is 6.26 Å². The minimum Gasteiger partial charge on any atom is -0.477 e. The van der Waals surface area contributed by atoms with Crippen LogP contribution in [-0.4, -0.2) is 16.2 Å². The SMILES string of the molecule is CCCc1onc(-c2ccco2)c1C(=O)O. The molecule has 0 fully saturated rings. The van der Waals surface area contributed by atoms with Gasteiger partial charge in [0.1, 0.15) is 5.56 Å². The van der Waals surface area contributed by atoms with Crippen molar-refractivity contribution in [3.8, 4) is 11.5 Å². The van der Waals surface area contributed by atoms with Crippen LogP contribution in [-0.2, 0) is 6.42 Å². The average Bonchev–Trinajstić information content (AvgIpc) is 2.83. The summed E-state index contributed by atoms with van der Waals surface area (Å²) < 4.78 is 10.1. The Hall–Kier alpha value is -2.04. The van der Waals surface area contributed by atoms with E-state index in [9.17, 15) is 4.79 Å². The van der Waals surface area contributed by atoms with E-state index >= 15 is 0 Å². The number of hydrogen-bond acceptors (Lipinski definition) is 4. The fraction of sp³-hybridized carbons (Fsp3) is 0.273. The topological polar surface area (TPSA) is 76.5 Å². The van der Waals surface area contributed by atoms with Crippen molar-refractivity contribution in [3.05, 3.63) is 29.7 Å². The van der Waals surface area contributed by atoms with Gasteiger partial charge in [0.2, 0.25) is 0 Å². The van der Waals surface area contributed by atoms with Gasteiger partial charge in [-0.25, -0.2) is 4.79 Å². The van der Waals surface area contributed by atoms with Crippen LogP contribution in [0.1, 0.15) is 29.5 Å². The lowest BCUT2D eigenvalue weighted by molar-refractivity contribution is 0.0695. The highest BCUT2D eigenvalue weighted by atomic mass is 16.5. The summed E-state index contributed by atoms with van der Waals surface area (Å²) in [6, 6.07) is 3.33. The van der Waals surface area contributed by atoms with Crippen LogP contribution in [0.2, 0.25) is 0 Å². The molecule has 2 heterocycles. The summed E-state index contributed by atoms with van der Waals surface area (Å²) in [5.74, 6) is -0.249. The zero-order valence-electron chi connectivity index (χ0n) is 8.77. The summed E-state index contributed by atoms with van der Waals surface area (Å²) >= 11 is 0. The first kappa shape index (κ1) is 10.5. The smallest absolute Gasteiger partial charge is 0.341 e. The molecule has 2 aromatic rings. The monoisotopic (exact) mass is 221 g/mol. The van der Waals surface area contributed by atoms with Crippen LogP contribution >= 0.6 is 0 Å². The number of hydrogen-bond donors (Lipinski definition) is 1. The molecule has 0 bridgehead atoms. The predicted molar refractivity (Wildman–Crippen MR) is 55.2 cm³/mol. The Labute approximate surface area is 91.7 Å². The maximum absolute atomic E-state index is 11.1. The molecular weight excluding hydrogens is 210 g/mol. The zero-order valence-corrected chi connectivity index (χ0v) is 8.77. The van der Waals surface area contributed by atoms with Crippen LogP contribution in [0.4, 0.5) is 0 Å². The summed E-state index contributed by atoms with van der Waals surface area (Å²) in [6.45, 7) is 1.95. The molecule has 2 aromatic heterocycles. The molecule has 5 heteroatoms. The minimum atomic E-state index is -1.05. The summed E-state index contributed by atoms with van der Waals surface area (Å²) in [5, 5.41) is 12.9. The second kappa shape index (κ2) is 4.22. The van der Waals surface area contributed by atoms with E-state index < -0.39 is 5.97 Å². The Morgan fingerprint density at radius 1 is 1.56 bits per heavy atom. The lowest BCUT2D eigenvalue weighted by Gasteiger charge is -1.95. The van der Waals surface area contributed by atoms with Crippen molar-refractivity contribution >= 4 is 5.97 Å². The van der Waals surface area contributed by atoms with Gasteiger partial charge in [0, 0.05) is 6.42 Å². The summed E-state index contributed by atoms with van der Waals surface area (Å²) in [6.07, 6.45) is 2.82. The van der Waals surface area contributed by atoms with E-state index in [0.29, 0.717) is 17.9 Å². The van der Waals surface area contributed by atoms with Crippen LogP contribution in [0.15, 0.2) is 27.3 Å². The Morgan fingerprint density at radius 3 is 2.94 bits per heavy atom. The molecule has 0 unspecified atom stereocenters. The van der Waals surface area contributed by atoms with Crippen molar-refractivity contribution in [2.24, 2.45) is 0 Å². The number of carboxylic acids is 1. The molecule has 0 radical (unpaired) electrons. The van der Waals surface area contributed by atoms with Crippen molar-refractivity contribution in [1.29, 1.82) is 0 Å². The number of aromatic carboxylic acids is 1. The number of carboxylic acid groups (broad SMARTS) is 1. The van der Waals surface area contributed by atoms with Crippen molar-refractivity contribution in [2.45, 2.75) is 19.8 Å². The van der Waals surface area contributed by atoms with Gasteiger partial charge in [-0.3, -0.25) is 0 Å². The first-order valence-corrected chi connectivity index (χ1v) is 4.99. The average molecular weight is 221 g/mol. The van der Waals surface area contributed by atoms with Gasteiger partial charge in [-0.2, -0.15) is 0 Å². The highest BCUT2D eigenvalue weighted by Gasteiger charge is 2.24. The van der Waals surface area contributed by atoms with E-state index in [2.05, 4.69) is 5.16 Å². The van der Waals surface area contributed by atoms with E-state index in [1.807, 2.05) is 6.92 Å². The van der Waals surface area contributed by atoms with Gasteiger partial charge in [-0.15, -0.1) is 0 Å². The van der Waals surface area contributed by atoms with Crippen molar-refractivity contribution in [3.63, 3.8) is 0 Å². The first-order chi connectivity index (χ1) is 7.74. The van der Waals surface area contributed by atoms with Gasteiger partial charge < -0.3 is 14.0 Å². The van der Waals surface area contributed by atoms with Gasteiger partial charge in [0.15, 0.2) is 17.2 Å². The maximum atomic E-state index is 11.1. The highest BCUT2D eigenvalue weighted by Crippen LogP contribution is 2.26. The molecule has 0 spiro atoms. The number of rotatable bonds is 4. The lowest BCUT2D eigenvalue weighted by Crippen LogP contribution is -2.01. The Bertz CT molecular complexity index is 484. The number of aryl methyl sites for hydroxylation is 1. The third-order valence-corrected chi connectivity index (χ3v) is 2.21. The highest BCUT2D eigenvalue weighted by molar-refractivity contribution is 5.95. The van der Waals surface area contributed by atoms with E-state index in [0.717, 1.165) is 6.42 Å². The standard InChI is InChI=1S/C11H11NO4/c1-2-4-7-9(11(13)14)10(12-16-7)8-5-3-6-15-8/h3,5-6H,2,4H2,1H3,(H,13,14). The van der Waals surface area contributed by atoms with Crippen LogP contribution in [0.5, 0.6) is 0 Å². The largest absolute Gasteiger partial charge is 0.477 e. The van der Waals surface area contributed by atoms with E-state index in [1.165, 1.54) is 6.26 Å². The second-order valence-corrected chi connectivity index (χ2v) is 3.36. The molecule has 0 aliphatic rings. The van der Waals surface area contributed by atoms with Crippen LogP contribution < -0.4 is 0 Å². The number of furan rings is 1. The minimum absolute atomic E-state index is 0.0943. The summed E-state index contributed by atoms with van der Waals surface area (Å²) in [5.41, 5.74) is 0.345. The Balaban J connectivity index is 2.50. The molecule has 0 aromatic carbocycles. The number of aromatic nitrogens is 1. The Kier molecular flexibility index (Phi) is 2.76. The van der Waals surface area contributed by atoms with Crippen LogP contribution in [0.3, 0.4) is 0 Å². The molecule has 0 saturated carbocycles. The molecule has 0 atom stereocenters. The van der Waals surface area contributed by atoms with Crippen LogP contribution in [0, 0.1) is 0 Å². The molecule has 0 aliphatic heterocycles. The molecule has 0 amide bonds. The predicted octanol–water partition coefficient (Wildman–Crippen LogP) is 2.59.